The number of aryl methyl sites for hydroxylation is 1. The number of rotatable bonds is 5. The first-order valence-corrected chi connectivity index (χ1v) is 8.41. The minimum absolute atomic E-state index is 0.0592. The van der Waals surface area contributed by atoms with Crippen LogP contribution >= 0.6 is 0 Å². The zero-order valence-corrected chi connectivity index (χ0v) is 13.6. The fourth-order valence-electron chi connectivity index (χ4n) is 2.01. The molecule has 0 saturated heterocycles. The van der Waals surface area contributed by atoms with Crippen LogP contribution in [0.4, 0.5) is 5.69 Å². The van der Waals surface area contributed by atoms with E-state index in [9.17, 15) is 13.2 Å². The summed E-state index contributed by atoms with van der Waals surface area (Å²) >= 11 is 0. The summed E-state index contributed by atoms with van der Waals surface area (Å²) < 4.78 is 28.3. The molecule has 0 aromatic heterocycles. The van der Waals surface area contributed by atoms with Crippen LogP contribution in [0.3, 0.4) is 0 Å². The second-order valence-corrected chi connectivity index (χ2v) is 6.50. The third-order valence-corrected chi connectivity index (χ3v) is 4.20. The van der Waals surface area contributed by atoms with E-state index in [0.29, 0.717) is 16.9 Å². The van der Waals surface area contributed by atoms with Gasteiger partial charge in [-0.15, -0.1) is 0 Å². The van der Waals surface area contributed by atoms with Gasteiger partial charge >= 0.3 is 0 Å². The van der Waals surface area contributed by atoms with E-state index in [1.54, 1.807) is 43.3 Å². The van der Waals surface area contributed by atoms with Gasteiger partial charge in [-0.1, -0.05) is 18.2 Å². The lowest BCUT2D eigenvalue weighted by Gasteiger charge is -2.10. The van der Waals surface area contributed by atoms with Crippen LogP contribution in [0.25, 0.3) is 0 Å². The van der Waals surface area contributed by atoms with Crippen molar-refractivity contribution in [1.29, 1.82) is 5.26 Å². The largest absolute Gasteiger partial charge is 0.482 e. The summed E-state index contributed by atoms with van der Waals surface area (Å²) in [5, 5.41) is 16.6. The highest BCUT2D eigenvalue weighted by Gasteiger charge is 2.13. The van der Waals surface area contributed by atoms with E-state index >= 15 is 0 Å². The highest BCUT2D eigenvalue weighted by Crippen LogP contribution is 2.19. The van der Waals surface area contributed by atoms with Crippen LogP contribution in [0.2, 0.25) is 0 Å². The number of para-hydroxylation sites is 1. The first-order valence-electron chi connectivity index (χ1n) is 6.86. The number of primary sulfonamides is 1. The number of nitrogens with one attached hydrogen (secondary N) is 1. The van der Waals surface area contributed by atoms with Gasteiger partial charge in [0.05, 0.1) is 10.5 Å². The monoisotopic (exact) mass is 345 g/mol. The Kier molecular flexibility index (Phi) is 5.18. The molecule has 2 aromatic rings. The molecule has 0 radical (unpaired) electrons. The van der Waals surface area contributed by atoms with Gasteiger partial charge in [-0.25, -0.2) is 13.6 Å². The number of nitrogens with two attached hydrogens (primary N) is 1. The number of nitrogens with zero attached hydrogens (tertiary/aromatic N) is 1. The zero-order valence-electron chi connectivity index (χ0n) is 12.8. The molecule has 124 valence electrons. The molecule has 0 bridgehead atoms. The van der Waals surface area contributed by atoms with Crippen LogP contribution in [0.15, 0.2) is 47.4 Å². The molecule has 0 fully saturated rings. The second kappa shape index (κ2) is 7.12. The van der Waals surface area contributed by atoms with Crippen molar-refractivity contribution in [2.45, 2.75) is 11.8 Å². The van der Waals surface area contributed by atoms with Gasteiger partial charge in [0.15, 0.2) is 6.61 Å². The summed E-state index contributed by atoms with van der Waals surface area (Å²) in [5.41, 5.74) is 1.08. The number of hydrogen-bond acceptors (Lipinski definition) is 5. The number of amides is 1. The van der Waals surface area contributed by atoms with Crippen molar-refractivity contribution in [2.24, 2.45) is 5.14 Å². The number of hydrogen-bond donors (Lipinski definition) is 2. The van der Waals surface area contributed by atoms with E-state index in [0.717, 1.165) is 0 Å². The Balaban J connectivity index is 2.07. The van der Waals surface area contributed by atoms with Gasteiger partial charge in [0, 0.05) is 5.69 Å². The maximum absolute atomic E-state index is 11.9. The van der Waals surface area contributed by atoms with E-state index in [2.05, 4.69) is 5.32 Å². The van der Waals surface area contributed by atoms with Gasteiger partial charge in [0.1, 0.15) is 11.8 Å². The van der Waals surface area contributed by atoms with Crippen LogP contribution in [-0.2, 0) is 14.8 Å². The van der Waals surface area contributed by atoms with Gasteiger partial charge in [0.2, 0.25) is 10.0 Å². The lowest BCUT2D eigenvalue weighted by molar-refractivity contribution is -0.118. The molecule has 0 heterocycles. The van der Waals surface area contributed by atoms with Crippen molar-refractivity contribution in [3.63, 3.8) is 0 Å². The van der Waals surface area contributed by atoms with Crippen molar-refractivity contribution in [3.05, 3.63) is 53.6 Å². The molecule has 0 aliphatic carbocycles. The van der Waals surface area contributed by atoms with Crippen LogP contribution in [0.1, 0.15) is 11.1 Å². The lowest BCUT2D eigenvalue weighted by atomic mass is 10.2. The molecule has 0 saturated carbocycles. The summed E-state index contributed by atoms with van der Waals surface area (Å²) in [6, 6.07) is 12.9. The predicted molar refractivity (Wildman–Crippen MR) is 87.8 cm³/mol. The molecule has 3 N–H and O–H groups in total. The fraction of sp³-hybridized carbons (Fsp3) is 0.125. The average molecular weight is 345 g/mol. The van der Waals surface area contributed by atoms with Crippen LogP contribution in [0.5, 0.6) is 5.75 Å². The van der Waals surface area contributed by atoms with E-state index in [1.807, 2.05) is 6.07 Å². The predicted octanol–water partition coefficient (Wildman–Crippen LogP) is 1.53. The van der Waals surface area contributed by atoms with Crippen molar-refractivity contribution in [3.8, 4) is 11.8 Å². The number of carbonyl (C=O) groups excluding carboxylic acids is 1. The summed E-state index contributed by atoms with van der Waals surface area (Å²) in [7, 11) is -3.87. The van der Waals surface area contributed by atoms with Gasteiger partial charge in [0.25, 0.3) is 5.91 Å². The molecule has 1 amide bonds. The van der Waals surface area contributed by atoms with Crippen molar-refractivity contribution < 1.29 is 17.9 Å². The Morgan fingerprint density at radius 2 is 2.00 bits per heavy atom. The molecule has 24 heavy (non-hydrogen) atoms. The third-order valence-electron chi connectivity index (χ3n) is 3.14. The molecule has 0 aliphatic rings. The Morgan fingerprint density at radius 3 is 2.67 bits per heavy atom. The minimum Gasteiger partial charge on any atom is -0.482 e. The van der Waals surface area contributed by atoms with Gasteiger partial charge in [-0.05, 0) is 36.8 Å². The van der Waals surface area contributed by atoms with Crippen LogP contribution in [-0.4, -0.2) is 20.9 Å². The Bertz CT molecular complexity index is 917. The fourth-order valence-corrected chi connectivity index (χ4v) is 2.82. The standard InChI is InChI=1S/C16H15N3O4S/c1-11-6-7-13(8-15(11)24(18,21)22)19-16(20)10-23-14-5-3-2-4-12(14)9-17/h2-8H,10H2,1H3,(H,19,20)(H2,18,21,22). The summed E-state index contributed by atoms with van der Waals surface area (Å²) in [6.07, 6.45) is 0. The van der Waals surface area contributed by atoms with Gasteiger partial charge in [-0.3, -0.25) is 4.79 Å². The molecule has 7 nitrogen and oxygen atoms in total. The van der Waals surface area contributed by atoms with Crippen molar-refractivity contribution >= 4 is 21.6 Å². The van der Waals surface area contributed by atoms with Crippen LogP contribution < -0.4 is 15.2 Å². The maximum atomic E-state index is 11.9. The highest BCUT2D eigenvalue weighted by atomic mass is 32.2. The van der Waals surface area contributed by atoms with Gasteiger partial charge in [-0.2, -0.15) is 5.26 Å². The molecule has 0 unspecified atom stereocenters. The highest BCUT2D eigenvalue weighted by molar-refractivity contribution is 7.89. The zero-order chi connectivity index (χ0) is 17.7. The first kappa shape index (κ1) is 17.5. The number of nitriles is 1. The number of sulfonamides is 1. The van der Waals surface area contributed by atoms with E-state index in [-0.39, 0.29) is 17.2 Å². The van der Waals surface area contributed by atoms with Crippen LogP contribution in [0, 0.1) is 18.3 Å². The molecule has 2 rings (SSSR count). The topological polar surface area (TPSA) is 122 Å². The Morgan fingerprint density at radius 1 is 1.29 bits per heavy atom. The average Bonchev–Trinajstić information content (AvgIpc) is 2.54. The van der Waals surface area contributed by atoms with Crippen molar-refractivity contribution in [1.82, 2.24) is 0 Å². The molecular weight excluding hydrogens is 330 g/mol. The molecule has 2 aromatic carbocycles. The summed E-state index contributed by atoms with van der Waals surface area (Å²) in [5.74, 6) is -0.198. The summed E-state index contributed by atoms with van der Waals surface area (Å²) in [6.45, 7) is 1.28. The maximum Gasteiger partial charge on any atom is 0.262 e. The third kappa shape index (κ3) is 4.32. The molecule has 0 aliphatic heterocycles. The smallest absolute Gasteiger partial charge is 0.262 e. The Labute approximate surface area is 139 Å². The lowest BCUT2D eigenvalue weighted by Crippen LogP contribution is -2.21. The SMILES string of the molecule is Cc1ccc(NC(=O)COc2ccccc2C#N)cc1S(N)(=O)=O. The van der Waals surface area contributed by atoms with Crippen molar-refractivity contribution in [2.75, 3.05) is 11.9 Å². The van der Waals surface area contributed by atoms with E-state index in [1.165, 1.54) is 6.07 Å². The minimum atomic E-state index is -3.87. The molecule has 0 atom stereocenters. The molecular formula is C16H15N3O4S. The quantitative estimate of drug-likeness (QED) is 0.851. The van der Waals surface area contributed by atoms with E-state index in [4.69, 9.17) is 15.1 Å². The number of carbonyl (C=O) groups is 1. The van der Waals surface area contributed by atoms with E-state index < -0.39 is 15.9 Å². The normalized spacial score (nSPS) is 10.7. The second-order valence-electron chi connectivity index (χ2n) is 4.97. The summed E-state index contributed by atoms with van der Waals surface area (Å²) in [4.78, 5) is 11.9. The first-order chi connectivity index (χ1) is 11.3. The van der Waals surface area contributed by atoms with Gasteiger partial charge < -0.3 is 10.1 Å². The number of ether oxygens (including phenoxy) is 1. The number of benzene rings is 2. The molecule has 8 heteroatoms. The molecule has 0 spiro atoms. The number of anilines is 1. The Hall–Kier alpha value is -2.89.